The molecule has 0 amide bonds. The van der Waals surface area contributed by atoms with Crippen molar-refractivity contribution in [2.45, 2.75) is 12.8 Å². The third kappa shape index (κ3) is 3.88. The Hall–Kier alpha value is -2.21. The average molecular weight is 296 g/mol. The summed E-state index contributed by atoms with van der Waals surface area (Å²) in [5.41, 5.74) is -0.660. The van der Waals surface area contributed by atoms with E-state index in [0.29, 0.717) is 0 Å². The van der Waals surface area contributed by atoms with Crippen LogP contribution in [-0.2, 0) is 27.1 Å². The highest BCUT2D eigenvalue weighted by molar-refractivity contribution is 6.17. The molecule has 0 saturated heterocycles. The lowest BCUT2D eigenvalue weighted by atomic mass is 10.0. The van der Waals surface area contributed by atoms with Crippen molar-refractivity contribution < 1.29 is 27.5 Å². The van der Waals surface area contributed by atoms with Gasteiger partial charge in [-0.05, 0) is 29.9 Å². The van der Waals surface area contributed by atoms with E-state index in [1.165, 1.54) is 18.2 Å². The second kappa shape index (κ2) is 6.05. The number of allylic oxidation sites excluding steroid dienone is 3. The van der Waals surface area contributed by atoms with Crippen molar-refractivity contribution in [3.05, 3.63) is 59.2 Å². The first kappa shape index (κ1) is 15.2. The smallest absolute Gasteiger partial charge is 0.372 e. The molecule has 0 bridgehead atoms. The van der Waals surface area contributed by atoms with Crippen molar-refractivity contribution in [3.8, 4) is 0 Å². The van der Waals surface area contributed by atoms with Gasteiger partial charge in [0.05, 0.1) is 18.8 Å². The van der Waals surface area contributed by atoms with E-state index in [0.717, 1.165) is 24.3 Å². The zero-order chi connectivity index (χ0) is 15.5. The summed E-state index contributed by atoms with van der Waals surface area (Å²) in [6.45, 7) is -0.501. The number of ketones is 2. The van der Waals surface area contributed by atoms with Crippen LogP contribution in [0.5, 0.6) is 0 Å². The van der Waals surface area contributed by atoms with Crippen molar-refractivity contribution in [1.29, 1.82) is 0 Å². The number of carbonyl (C=O) groups excluding carboxylic acids is 2. The van der Waals surface area contributed by atoms with Crippen LogP contribution in [0.2, 0.25) is 0 Å². The van der Waals surface area contributed by atoms with Gasteiger partial charge in [0, 0.05) is 5.57 Å². The van der Waals surface area contributed by atoms with Gasteiger partial charge in [0.2, 0.25) is 0 Å². The zero-order valence-electron chi connectivity index (χ0n) is 10.8. The quantitative estimate of drug-likeness (QED) is 0.802. The van der Waals surface area contributed by atoms with E-state index in [1.807, 2.05) is 0 Å². The molecule has 1 aliphatic rings. The van der Waals surface area contributed by atoms with Crippen LogP contribution in [0, 0.1) is 0 Å². The summed E-state index contributed by atoms with van der Waals surface area (Å²) in [5, 5.41) is 0. The minimum Gasteiger partial charge on any atom is -0.372 e. The molecule has 0 aliphatic heterocycles. The number of hydrogen-bond donors (Lipinski definition) is 0. The number of ether oxygens (including phenoxy) is 1. The third-order valence-electron chi connectivity index (χ3n) is 2.87. The van der Waals surface area contributed by atoms with Gasteiger partial charge in [-0.15, -0.1) is 0 Å². The van der Waals surface area contributed by atoms with Crippen LogP contribution >= 0.6 is 0 Å². The van der Waals surface area contributed by atoms with Crippen LogP contribution in [0.15, 0.2) is 48.1 Å². The van der Waals surface area contributed by atoms with E-state index in [2.05, 4.69) is 0 Å². The van der Waals surface area contributed by atoms with Gasteiger partial charge < -0.3 is 4.74 Å². The molecule has 0 atom stereocenters. The Kier molecular flexibility index (Phi) is 4.37. The maximum Gasteiger partial charge on any atom is 0.416 e. The van der Waals surface area contributed by atoms with Crippen LogP contribution in [0.25, 0.3) is 0 Å². The van der Waals surface area contributed by atoms with Crippen molar-refractivity contribution >= 4 is 11.6 Å². The maximum atomic E-state index is 12.8. The lowest BCUT2D eigenvalue weighted by Gasteiger charge is -2.13. The van der Waals surface area contributed by atoms with Gasteiger partial charge in [-0.3, -0.25) is 9.59 Å². The van der Waals surface area contributed by atoms with Gasteiger partial charge in [0.1, 0.15) is 0 Å². The summed E-state index contributed by atoms with van der Waals surface area (Å²) in [6, 6.07) is 5.05. The average Bonchev–Trinajstić information content (AvgIpc) is 2.42. The molecule has 0 aromatic heterocycles. The van der Waals surface area contributed by atoms with Gasteiger partial charge in [0.15, 0.2) is 11.6 Å². The number of carbonyl (C=O) groups is 2. The monoisotopic (exact) mass is 296 g/mol. The molecule has 0 N–H and O–H groups in total. The predicted octanol–water partition coefficient (Wildman–Crippen LogP) is 2.86. The van der Waals surface area contributed by atoms with Crippen LogP contribution < -0.4 is 0 Å². The molecule has 110 valence electrons. The molecule has 1 aromatic carbocycles. The Bertz CT molecular complexity index is 627. The van der Waals surface area contributed by atoms with Crippen molar-refractivity contribution in [1.82, 2.24) is 0 Å². The van der Waals surface area contributed by atoms with E-state index in [1.54, 1.807) is 0 Å². The highest BCUT2D eigenvalue weighted by Gasteiger charge is 2.32. The fourth-order valence-corrected chi connectivity index (χ4v) is 1.86. The molecule has 1 aliphatic carbocycles. The Morgan fingerprint density at radius 2 is 1.71 bits per heavy atom. The lowest BCUT2D eigenvalue weighted by Crippen LogP contribution is -2.14. The highest BCUT2D eigenvalue weighted by Crippen LogP contribution is 2.32. The van der Waals surface area contributed by atoms with Crippen LogP contribution in [-0.4, -0.2) is 18.2 Å². The predicted molar refractivity (Wildman–Crippen MR) is 68.3 cm³/mol. The normalized spacial score (nSPS) is 15.3. The summed E-state index contributed by atoms with van der Waals surface area (Å²) >= 11 is 0. The first-order valence-corrected chi connectivity index (χ1v) is 6.08. The topological polar surface area (TPSA) is 43.4 Å². The molecule has 1 aromatic rings. The molecule has 21 heavy (non-hydrogen) atoms. The Morgan fingerprint density at radius 3 is 2.43 bits per heavy atom. The second-order valence-electron chi connectivity index (χ2n) is 4.42. The van der Waals surface area contributed by atoms with Gasteiger partial charge in [-0.1, -0.05) is 18.2 Å². The molecule has 0 spiro atoms. The lowest BCUT2D eigenvalue weighted by molar-refractivity contribution is -0.138. The van der Waals surface area contributed by atoms with Crippen molar-refractivity contribution in [2.24, 2.45) is 0 Å². The first-order valence-electron chi connectivity index (χ1n) is 6.08. The van der Waals surface area contributed by atoms with E-state index < -0.39 is 11.7 Å². The Morgan fingerprint density at radius 1 is 1.00 bits per heavy atom. The van der Waals surface area contributed by atoms with Crippen LogP contribution in [0.1, 0.15) is 11.1 Å². The number of alkyl halides is 3. The molecule has 0 fully saturated rings. The summed E-state index contributed by atoms with van der Waals surface area (Å²) in [6.07, 6.45) is -1.09. The fourth-order valence-electron chi connectivity index (χ4n) is 1.86. The van der Waals surface area contributed by atoms with Crippen molar-refractivity contribution in [2.75, 3.05) is 6.61 Å². The molecule has 0 heterocycles. The van der Waals surface area contributed by atoms with E-state index in [4.69, 9.17) is 4.74 Å². The van der Waals surface area contributed by atoms with Gasteiger partial charge in [-0.2, -0.15) is 13.2 Å². The standard InChI is InChI=1S/C15H11F3O3/c16-15(17,18)13-4-2-1-3-10(13)8-21-9-11-7-12(19)5-6-14(11)20/h1-7H,8-9H2. The molecule has 3 nitrogen and oxygen atoms in total. The molecule has 0 unspecified atom stereocenters. The summed E-state index contributed by atoms with van der Waals surface area (Å²) in [7, 11) is 0. The molecule has 6 heteroatoms. The maximum absolute atomic E-state index is 12.8. The molecule has 0 saturated carbocycles. The largest absolute Gasteiger partial charge is 0.416 e. The minimum atomic E-state index is -4.46. The van der Waals surface area contributed by atoms with Gasteiger partial charge in [0.25, 0.3) is 0 Å². The number of halogens is 3. The van der Waals surface area contributed by atoms with Gasteiger partial charge >= 0.3 is 6.18 Å². The number of hydrogen-bond acceptors (Lipinski definition) is 3. The Balaban J connectivity index is 2.02. The minimum absolute atomic E-state index is 0.0178. The summed E-state index contributed by atoms with van der Waals surface area (Å²) < 4.78 is 43.4. The molecule has 0 radical (unpaired) electrons. The molecule has 2 rings (SSSR count). The van der Waals surface area contributed by atoms with Gasteiger partial charge in [-0.25, -0.2) is 0 Å². The number of benzene rings is 1. The van der Waals surface area contributed by atoms with E-state index in [-0.39, 0.29) is 35.9 Å². The van der Waals surface area contributed by atoms with Crippen LogP contribution in [0.3, 0.4) is 0 Å². The van der Waals surface area contributed by atoms with E-state index >= 15 is 0 Å². The fraction of sp³-hybridized carbons (Fsp3) is 0.200. The second-order valence-corrected chi connectivity index (χ2v) is 4.42. The third-order valence-corrected chi connectivity index (χ3v) is 2.87. The summed E-state index contributed by atoms with van der Waals surface area (Å²) in [4.78, 5) is 22.6. The number of rotatable bonds is 4. The first-order chi connectivity index (χ1) is 9.88. The SMILES string of the molecule is O=C1C=CC(=O)C(COCc2ccccc2C(F)(F)F)=C1. The molecular formula is C15H11F3O3. The Labute approximate surface area is 118 Å². The van der Waals surface area contributed by atoms with Crippen LogP contribution in [0.4, 0.5) is 13.2 Å². The highest BCUT2D eigenvalue weighted by atomic mass is 19.4. The summed E-state index contributed by atoms with van der Waals surface area (Å²) in [5.74, 6) is -0.720. The zero-order valence-corrected chi connectivity index (χ0v) is 10.8. The van der Waals surface area contributed by atoms with Crippen molar-refractivity contribution in [3.63, 3.8) is 0 Å². The molecular weight excluding hydrogens is 285 g/mol. The van der Waals surface area contributed by atoms with E-state index in [9.17, 15) is 22.8 Å².